The Morgan fingerprint density at radius 3 is 2.70 bits per heavy atom. The zero-order valence-corrected chi connectivity index (χ0v) is 12.9. The van der Waals surface area contributed by atoms with Crippen LogP contribution in [0.1, 0.15) is 19.3 Å². The van der Waals surface area contributed by atoms with Crippen LogP contribution in [0.4, 0.5) is 0 Å². The van der Waals surface area contributed by atoms with Gasteiger partial charge in [0.25, 0.3) is 0 Å². The van der Waals surface area contributed by atoms with E-state index in [1.807, 2.05) is 0 Å². The molecule has 128 valence electrons. The van der Waals surface area contributed by atoms with E-state index in [-0.39, 0.29) is 24.3 Å². The van der Waals surface area contributed by atoms with Crippen molar-refractivity contribution in [3.63, 3.8) is 0 Å². The number of ketones is 1. The third-order valence-electron chi connectivity index (χ3n) is 5.88. The summed E-state index contributed by atoms with van der Waals surface area (Å²) in [6.45, 7) is 1.99. The van der Waals surface area contributed by atoms with Crippen molar-refractivity contribution in [3.8, 4) is 0 Å². The maximum absolute atomic E-state index is 12.9. The molecule has 0 saturated carbocycles. The summed E-state index contributed by atoms with van der Waals surface area (Å²) in [6, 6.07) is 0.0249. The molecule has 0 aromatic rings. The highest BCUT2D eigenvalue weighted by Crippen LogP contribution is 2.35. The van der Waals surface area contributed by atoms with Crippen molar-refractivity contribution in [2.24, 2.45) is 23.5 Å². The molecule has 0 spiro atoms. The first-order valence-electron chi connectivity index (χ1n) is 8.45. The molecule has 7 unspecified atom stereocenters. The van der Waals surface area contributed by atoms with E-state index in [9.17, 15) is 14.7 Å². The van der Waals surface area contributed by atoms with Gasteiger partial charge in [0.05, 0.1) is 30.1 Å². The third kappa shape index (κ3) is 2.58. The molecule has 23 heavy (non-hydrogen) atoms. The molecule has 7 atom stereocenters. The molecule has 8 heteroatoms. The normalized spacial score (nSPS) is 47.3. The lowest BCUT2D eigenvalue weighted by Gasteiger charge is -2.50. The lowest BCUT2D eigenvalue weighted by Crippen LogP contribution is -2.71. The van der Waals surface area contributed by atoms with Gasteiger partial charge in [0, 0.05) is 19.1 Å². The van der Waals surface area contributed by atoms with Gasteiger partial charge in [-0.15, -0.1) is 0 Å². The second-order valence-corrected chi connectivity index (χ2v) is 7.22. The summed E-state index contributed by atoms with van der Waals surface area (Å²) < 4.78 is 6.06. The molecule has 6 N–H and O–H groups in total. The Bertz CT molecular complexity index is 512. The van der Waals surface area contributed by atoms with Crippen LogP contribution < -0.4 is 21.7 Å². The number of ether oxygens (including phenoxy) is 1. The predicted octanol–water partition coefficient (Wildman–Crippen LogP) is -1.78. The Labute approximate surface area is 134 Å². The fourth-order valence-electron chi connectivity index (χ4n) is 4.35. The van der Waals surface area contributed by atoms with Gasteiger partial charge >= 0.3 is 5.97 Å². The molecule has 4 aliphatic heterocycles. The molecule has 0 radical (unpaired) electrons. The Hall–Kier alpha value is -1.06. The minimum absolute atomic E-state index is 0.0777. The Morgan fingerprint density at radius 1 is 1.26 bits per heavy atom. The highest BCUT2D eigenvalue weighted by molar-refractivity contribution is 5.89. The van der Waals surface area contributed by atoms with E-state index in [1.165, 1.54) is 0 Å². The van der Waals surface area contributed by atoms with Crippen LogP contribution in [0.5, 0.6) is 0 Å². The largest absolute Gasteiger partial charge is 0.481 e. The fraction of sp³-hybridized carbons (Fsp3) is 0.867. The fourth-order valence-corrected chi connectivity index (χ4v) is 4.35. The van der Waals surface area contributed by atoms with Gasteiger partial charge in [0.15, 0.2) is 5.78 Å². The molecule has 0 aromatic carbocycles. The molecule has 4 aliphatic rings. The van der Waals surface area contributed by atoms with Crippen LogP contribution in [0, 0.1) is 17.8 Å². The standard InChI is InChI=1S/C15H24N4O4/c16-13-8(15(21)22)3-7-12(20)11-10(23-14(7)19-13)2-1-9(18-11)6-4-17-5-6/h6-11,13-14,17-19H,1-5,16H2,(H,21,22). The first-order valence-corrected chi connectivity index (χ1v) is 8.45. The van der Waals surface area contributed by atoms with Gasteiger partial charge in [-0.2, -0.15) is 0 Å². The number of nitrogens with two attached hydrogens (primary N) is 1. The quantitative estimate of drug-likeness (QED) is 0.403. The zero-order valence-electron chi connectivity index (χ0n) is 12.9. The highest BCUT2D eigenvalue weighted by Gasteiger charge is 2.52. The predicted molar refractivity (Wildman–Crippen MR) is 80.3 cm³/mol. The summed E-state index contributed by atoms with van der Waals surface area (Å²) in [5, 5.41) is 19.0. The van der Waals surface area contributed by atoms with E-state index in [4.69, 9.17) is 10.5 Å². The van der Waals surface area contributed by atoms with Gasteiger partial charge in [0.1, 0.15) is 6.23 Å². The molecule has 4 rings (SSSR count). The minimum atomic E-state index is -0.964. The van der Waals surface area contributed by atoms with Crippen molar-refractivity contribution in [1.82, 2.24) is 16.0 Å². The number of aliphatic carboxylic acids is 1. The summed E-state index contributed by atoms with van der Waals surface area (Å²) in [4.78, 5) is 24.2. The van der Waals surface area contributed by atoms with Crippen LogP contribution in [0.2, 0.25) is 0 Å². The van der Waals surface area contributed by atoms with Crippen LogP contribution in [0.25, 0.3) is 0 Å². The maximum Gasteiger partial charge on any atom is 0.309 e. The molecule has 0 aromatic heterocycles. The molecular formula is C15H24N4O4. The van der Waals surface area contributed by atoms with E-state index < -0.39 is 30.2 Å². The summed E-state index contributed by atoms with van der Waals surface area (Å²) in [7, 11) is 0. The molecule has 4 heterocycles. The molecule has 4 saturated heterocycles. The lowest BCUT2D eigenvalue weighted by molar-refractivity contribution is -0.176. The number of Topliss-reactive ketones (excluding diaryl/α,β-unsaturated/α-hetero) is 1. The number of rotatable bonds is 2. The summed E-state index contributed by atoms with van der Waals surface area (Å²) >= 11 is 0. The topological polar surface area (TPSA) is 126 Å². The van der Waals surface area contributed by atoms with Crippen LogP contribution in [-0.4, -0.2) is 60.5 Å². The average molecular weight is 324 g/mol. The maximum atomic E-state index is 12.9. The second-order valence-electron chi connectivity index (χ2n) is 7.22. The van der Waals surface area contributed by atoms with Crippen molar-refractivity contribution in [2.75, 3.05) is 13.1 Å². The number of carbonyl (C=O) groups excluding carboxylic acids is 1. The van der Waals surface area contributed by atoms with Gasteiger partial charge in [0.2, 0.25) is 0 Å². The van der Waals surface area contributed by atoms with Crippen molar-refractivity contribution in [1.29, 1.82) is 0 Å². The Balaban J connectivity index is 1.49. The van der Waals surface area contributed by atoms with Crippen LogP contribution >= 0.6 is 0 Å². The number of carboxylic acid groups (broad SMARTS) is 1. The van der Waals surface area contributed by atoms with Gasteiger partial charge < -0.3 is 26.2 Å². The molecule has 8 nitrogen and oxygen atoms in total. The van der Waals surface area contributed by atoms with Crippen LogP contribution in [0.3, 0.4) is 0 Å². The van der Waals surface area contributed by atoms with E-state index >= 15 is 0 Å². The van der Waals surface area contributed by atoms with Crippen molar-refractivity contribution >= 4 is 11.8 Å². The molecule has 4 fully saturated rings. The molecule has 0 aliphatic carbocycles. The lowest BCUT2D eigenvalue weighted by atomic mass is 9.75. The number of fused-ring (bicyclic) bond motifs is 2. The third-order valence-corrected chi connectivity index (χ3v) is 5.88. The Kier molecular flexibility index (Phi) is 3.89. The number of piperidine rings is 2. The summed E-state index contributed by atoms with van der Waals surface area (Å²) in [5.41, 5.74) is 5.88. The smallest absolute Gasteiger partial charge is 0.309 e. The molecular weight excluding hydrogens is 300 g/mol. The van der Waals surface area contributed by atoms with Crippen molar-refractivity contribution in [3.05, 3.63) is 0 Å². The average Bonchev–Trinajstić information content (AvgIpc) is 2.45. The number of carbonyl (C=O) groups is 2. The molecule has 0 bridgehead atoms. The number of hydrogen-bond donors (Lipinski definition) is 5. The van der Waals surface area contributed by atoms with Gasteiger partial charge in [-0.3, -0.25) is 14.9 Å². The van der Waals surface area contributed by atoms with E-state index in [0.717, 1.165) is 25.9 Å². The summed E-state index contributed by atoms with van der Waals surface area (Å²) in [5.74, 6) is -1.51. The number of carboxylic acids is 1. The van der Waals surface area contributed by atoms with E-state index in [0.29, 0.717) is 12.0 Å². The first-order chi connectivity index (χ1) is 11.0. The van der Waals surface area contributed by atoms with Crippen molar-refractivity contribution < 1.29 is 19.4 Å². The van der Waals surface area contributed by atoms with Gasteiger partial charge in [-0.25, -0.2) is 0 Å². The second kappa shape index (κ2) is 5.78. The number of nitrogens with one attached hydrogen (secondary N) is 3. The van der Waals surface area contributed by atoms with E-state index in [2.05, 4.69) is 16.0 Å². The monoisotopic (exact) mass is 324 g/mol. The van der Waals surface area contributed by atoms with E-state index in [1.54, 1.807) is 0 Å². The van der Waals surface area contributed by atoms with Crippen LogP contribution in [0.15, 0.2) is 0 Å². The SMILES string of the molecule is NC1NC2OC3CCC(C4CNC4)NC3C(=O)C2CC1C(=O)O. The number of hydrogen-bond acceptors (Lipinski definition) is 7. The highest BCUT2D eigenvalue weighted by atomic mass is 16.5. The zero-order chi connectivity index (χ0) is 16.1. The van der Waals surface area contributed by atoms with Crippen LogP contribution in [-0.2, 0) is 14.3 Å². The molecule has 0 amide bonds. The van der Waals surface area contributed by atoms with Crippen molar-refractivity contribution in [2.45, 2.75) is 49.8 Å². The van der Waals surface area contributed by atoms with Gasteiger partial charge in [-0.1, -0.05) is 0 Å². The van der Waals surface area contributed by atoms with Gasteiger partial charge in [-0.05, 0) is 25.2 Å². The summed E-state index contributed by atoms with van der Waals surface area (Å²) in [6.07, 6.45) is 0.818. The Morgan fingerprint density at radius 2 is 2.04 bits per heavy atom. The minimum Gasteiger partial charge on any atom is -0.481 e. The first kappa shape index (κ1) is 15.5.